The van der Waals surface area contributed by atoms with Crippen molar-refractivity contribution in [2.24, 2.45) is 0 Å². The summed E-state index contributed by atoms with van der Waals surface area (Å²) in [7, 11) is 0. The van der Waals surface area contributed by atoms with Gasteiger partial charge >= 0.3 is 5.97 Å². The fraction of sp³-hybridized carbons (Fsp3) is 0.182. The topological polar surface area (TPSA) is 37.3 Å². The molecule has 80 valence electrons. The van der Waals surface area contributed by atoms with Crippen LogP contribution in [-0.4, -0.2) is 17.3 Å². The summed E-state index contributed by atoms with van der Waals surface area (Å²) in [5, 5.41) is 8.42. The maximum atomic E-state index is 13.2. The summed E-state index contributed by atoms with van der Waals surface area (Å²) in [6, 6.07) is 4.71. The van der Waals surface area contributed by atoms with Gasteiger partial charge in [-0.3, -0.25) is 0 Å². The van der Waals surface area contributed by atoms with Gasteiger partial charge in [-0.2, -0.15) is 11.8 Å². The highest BCUT2D eigenvalue weighted by atomic mass is 32.2. The first-order valence-corrected chi connectivity index (χ1v) is 5.71. The van der Waals surface area contributed by atoms with E-state index in [9.17, 15) is 9.18 Å². The lowest BCUT2D eigenvalue weighted by molar-refractivity contribution is -0.131. The van der Waals surface area contributed by atoms with E-state index in [1.54, 1.807) is 23.9 Å². The van der Waals surface area contributed by atoms with E-state index in [0.29, 0.717) is 5.56 Å². The van der Waals surface area contributed by atoms with E-state index in [-0.39, 0.29) is 0 Å². The predicted octanol–water partition coefficient (Wildman–Crippen LogP) is 2.79. The summed E-state index contributed by atoms with van der Waals surface area (Å²) in [5.41, 5.74) is 1.29. The highest BCUT2D eigenvalue weighted by molar-refractivity contribution is 7.97. The van der Waals surface area contributed by atoms with Gasteiger partial charge in [-0.05, 0) is 30.0 Å². The molecule has 15 heavy (non-hydrogen) atoms. The zero-order valence-electron chi connectivity index (χ0n) is 8.24. The number of halogens is 1. The molecule has 0 radical (unpaired) electrons. The fourth-order valence-electron chi connectivity index (χ4n) is 1.14. The average molecular weight is 226 g/mol. The molecule has 0 aliphatic carbocycles. The minimum atomic E-state index is -1.08. The molecule has 0 aromatic heterocycles. The van der Waals surface area contributed by atoms with E-state index in [0.717, 1.165) is 17.4 Å². The number of thioether (sulfide) groups is 1. The minimum Gasteiger partial charge on any atom is -0.478 e. The number of carboxylic acids is 1. The largest absolute Gasteiger partial charge is 0.478 e. The van der Waals surface area contributed by atoms with Crippen LogP contribution in [0.5, 0.6) is 0 Å². The molecule has 0 unspecified atom stereocenters. The van der Waals surface area contributed by atoms with Crippen LogP contribution in [0.3, 0.4) is 0 Å². The molecular formula is C11H11FO2S. The van der Waals surface area contributed by atoms with Crippen LogP contribution in [0.1, 0.15) is 11.1 Å². The molecular weight excluding hydrogens is 215 g/mol. The van der Waals surface area contributed by atoms with Gasteiger partial charge in [-0.1, -0.05) is 6.07 Å². The Morgan fingerprint density at radius 3 is 2.93 bits per heavy atom. The number of hydrogen-bond donors (Lipinski definition) is 1. The first kappa shape index (κ1) is 11.8. The molecule has 0 amide bonds. The molecule has 0 saturated heterocycles. The molecule has 0 atom stereocenters. The number of carbonyl (C=O) groups is 1. The van der Waals surface area contributed by atoms with E-state index in [1.165, 1.54) is 12.1 Å². The van der Waals surface area contributed by atoms with Gasteiger partial charge in [0.25, 0.3) is 0 Å². The Bertz CT molecular complexity index is 388. The van der Waals surface area contributed by atoms with Crippen molar-refractivity contribution in [3.05, 3.63) is 41.2 Å². The zero-order chi connectivity index (χ0) is 11.3. The first-order chi connectivity index (χ1) is 7.13. The molecule has 4 heteroatoms. The third-order valence-corrected chi connectivity index (χ3v) is 2.40. The van der Waals surface area contributed by atoms with Crippen LogP contribution in [-0.2, 0) is 10.5 Å². The number of rotatable bonds is 4. The van der Waals surface area contributed by atoms with Crippen molar-refractivity contribution in [3.8, 4) is 0 Å². The Hall–Kier alpha value is -1.29. The second-order valence-electron chi connectivity index (χ2n) is 2.96. The molecule has 1 aromatic rings. The molecule has 0 spiro atoms. The van der Waals surface area contributed by atoms with Gasteiger partial charge in [0.2, 0.25) is 0 Å². The molecule has 0 heterocycles. The number of hydrogen-bond acceptors (Lipinski definition) is 2. The van der Waals surface area contributed by atoms with Gasteiger partial charge < -0.3 is 5.11 Å². The van der Waals surface area contributed by atoms with Crippen molar-refractivity contribution in [2.75, 3.05) is 6.26 Å². The van der Waals surface area contributed by atoms with Gasteiger partial charge in [-0.15, -0.1) is 0 Å². The second-order valence-corrected chi connectivity index (χ2v) is 3.83. The monoisotopic (exact) mass is 226 g/mol. The quantitative estimate of drug-likeness (QED) is 0.802. The smallest absolute Gasteiger partial charge is 0.328 e. The zero-order valence-corrected chi connectivity index (χ0v) is 9.05. The molecule has 0 saturated carbocycles. The second kappa shape index (κ2) is 5.56. The molecule has 0 aliphatic heterocycles. The predicted molar refractivity (Wildman–Crippen MR) is 60.3 cm³/mol. The molecule has 2 nitrogen and oxygen atoms in total. The third-order valence-electron chi connectivity index (χ3n) is 1.78. The molecule has 1 N–H and O–H groups in total. The SMILES string of the molecule is CSCc1ccc(F)c(C=CC(=O)O)c1. The summed E-state index contributed by atoms with van der Waals surface area (Å²) in [6.45, 7) is 0. The lowest BCUT2D eigenvalue weighted by atomic mass is 10.1. The summed E-state index contributed by atoms with van der Waals surface area (Å²) in [4.78, 5) is 10.3. The minimum absolute atomic E-state index is 0.309. The summed E-state index contributed by atoms with van der Waals surface area (Å²) in [6.07, 6.45) is 4.15. The Labute approximate surface area is 91.8 Å². The van der Waals surface area contributed by atoms with Crippen LogP contribution >= 0.6 is 11.8 Å². The van der Waals surface area contributed by atoms with Gasteiger partial charge in [-0.25, -0.2) is 9.18 Å². The third kappa shape index (κ3) is 3.75. The van der Waals surface area contributed by atoms with Crippen molar-refractivity contribution in [1.29, 1.82) is 0 Å². The lowest BCUT2D eigenvalue weighted by Gasteiger charge is -2.01. The summed E-state index contributed by atoms with van der Waals surface area (Å²) in [5.74, 6) is -0.698. The first-order valence-electron chi connectivity index (χ1n) is 4.32. The molecule has 1 aromatic carbocycles. The summed E-state index contributed by atoms with van der Waals surface area (Å²) >= 11 is 1.63. The maximum absolute atomic E-state index is 13.2. The molecule has 0 aliphatic rings. The van der Waals surface area contributed by atoms with Crippen LogP contribution < -0.4 is 0 Å². The van der Waals surface area contributed by atoms with Gasteiger partial charge in [0, 0.05) is 17.4 Å². The van der Waals surface area contributed by atoms with Gasteiger partial charge in [0.15, 0.2) is 0 Å². The number of aliphatic carboxylic acids is 1. The van der Waals surface area contributed by atoms with Crippen LogP contribution in [0.4, 0.5) is 4.39 Å². The highest BCUT2D eigenvalue weighted by Gasteiger charge is 2.00. The summed E-state index contributed by atoms with van der Waals surface area (Å²) < 4.78 is 13.2. The normalized spacial score (nSPS) is 10.8. The van der Waals surface area contributed by atoms with E-state index < -0.39 is 11.8 Å². The molecule has 0 fully saturated rings. The van der Waals surface area contributed by atoms with Crippen molar-refractivity contribution in [1.82, 2.24) is 0 Å². The van der Waals surface area contributed by atoms with Gasteiger partial charge in [0.1, 0.15) is 5.82 Å². The Morgan fingerprint density at radius 2 is 2.33 bits per heavy atom. The maximum Gasteiger partial charge on any atom is 0.328 e. The standard InChI is InChI=1S/C11H11FO2S/c1-15-7-8-2-4-10(12)9(6-8)3-5-11(13)14/h2-6H,7H2,1H3,(H,13,14). The van der Waals surface area contributed by atoms with Crippen LogP contribution in [0, 0.1) is 5.82 Å². The van der Waals surface area contributed by atoms with Crippen molar-refractivity contribution >= 4 is 23.8 Å². The van der Waals surface area contributed by atoms with Crippen LogP contribution in [0.15, 0.2) is 24.3 Å². The highest BCUT2D eigenvalue weighted by Crippen LogP contribution is 2.15. The van der Waals surface area contributed by atoms with Crippen LogP contribution in [0.25, 0.3) is 6.08 Å². The lowest BCUT2D eigenvalue weighted by Crippen LogP contribution is -1.89. The Kier molecular flexibility index (Phi) is 4.37. The van der Waals surface area contributed by atoms with E-state index in [2.05, 4.69) is 0 Å². The molecule has 0 bridgehead atoms. The average Bonchev–Trinajstić information content (AvgIpc) is 2.19. The van der Waals surface area contributed by atoms with E-state index in [4.69, 9.17) is 5.11 Å². The van der Waals surface area contributed by atoms with E-state index in [1.807, 2.05) is 6.26 Å². The Morgan fingerprint density at radius 1 is 1.60 bits per heavy atom. The van der Waals surface area contributed by atoms with Crippen molar-refractivity contribution in [3.63, 3.8) is 0 Å². The Balaban J connectivity index is 2.94. The van der Waals surface area contributed by atoms with Crippen LogP contribution in [0.2, 0.25) is 0 Å². The van der Waals surface area contributed by atoms with Crippen molar-refractivity contribution in [2.45, 2.75) is 5.75 Å². The molecule has 1 rings (SSSR count). The van der Waals surface area contributed by atoms with Crippen molar-refractivity contribution < 1.29 is 14.3 Å². The number of benzene rings is 1. The van der Waals surface area contributed by atoms with E-state index >= 15 is 0 Å². The fourth-order valence-corrected chi connectivity index (χ4v) is 1.65. The van der Waals surface area contributed by atoms with Gasteiger partial charge in [0.05, 0.1) is 0 Å². The number of carboxylic acid groups (broad SMARTS) is 1.